The topological polar surface area (TPSA) is 78.5 Å². The Labute approximate surface area is 148 Å². The van der Waals surface area contributed by atoms with Crippen LogP contribution >= 0.6 is 0 Å². The maximum absolute atomic E-state index is 12.3. The molecular formula is C19H25N3O3. The van der Waals surface area contributed by atoms with Gasteiger partial charge < -0.3 is 15.5 Å². The minimum Gasteiger partial charge on any atom is -0.352 e. The Bertz CT molecular complexity index is 626. The van der Waals surface area contributed by atoms with Gasteiger partial charge in [-0.3, -0.25) is 14.4 Å². The van der Waals surface area contributed by atoms with Crippen LogP contribution in [0.1, 0.15) is 38.5 Å². The lowest BCUT2D eigenvalue weighted by molar-refractivity contribution is -0.129. The molecule has 1 unspecified atom stereocenters. The third-order valence-corrected chi connectivity index (χ3v) is 4.96. The molecule has 1 aromatic carbocycles. The van der Waals surface area contributed by atoms with Crippen LogP contribution in [0.25, 0.3) is 0 Å². The van der Waals surface area contributed by atoms with E-state index in [1.165, 1.54) is 6.42 Å². The van der Waals surface area contributed by atoms with Crippen molar-refractivity contribution in [3.05, 3.63) is 30.3 Å². The molecule has 1 atom stereocenters. The molecule has 2 fully saturated rings. The van der Waals surface area contributed by atoms with E-state index in [0.717, 1.165) is 31.4 Å². The molecule has 25 heavy (non-hydrogen) atoms. The molecule has 2 aliphatic rings. The second kappa shape index (κ2) is 8.14. The van der Waals surface area contributed by atoms with Crippen molar-refractivity contribution in [2.75, 3.05) is 18.0 Å². The molecule has 1 heterocycles. The maximum atomic E-state index is 12.3. The van der Waals surface area contributed by atoms with Crippen molar-refractivity contribution in [1.29, 1.82) is 0 Å². The van der Waals surface area contributed by atoms with Gasteiger partial charge in [0.1, 0.15) is 0 Å². The molecular weight excluding hydrogens is 318 g/mol. The van der Waals surface area contributed by atoms with Crippen LogP contribution in [0.15, 0.2) is 30.3 Å². The van der Waals surface area contributed by atoms with Gasteiger partial charge in [0.2, 0.25) is 17.7 Å². The van der Waals surface area contributed by atoms with E-state index in [-0.39, 0.29) is 36.7 Å². The van der Waals surface area contributed by atoms with Gasteiger partial charge in [-0.15, -0.1) is 0 Å². The van der Waals surface area contributed by atoms with E-state index >= 15 is 0 Å². The van der Waals surface area contributed by atoms with Crippen molar-refractivity contribution in [2.24, 2.45) is 5.92 Å². The molecule has 1 aromatic rings. The van der Waals surface area contributed by atoms with Gasteiger partial charge in [0.25, 0.3) is 0 Å². The Morgan fingerprint density at radius 2 is 1.80 bits per heavy atom. The lowest BCUT2D eigenvalue weighted by Gasteiger charge is -2.23. The SMILES string of the molecule is O=C(CNC(=O)C1CC(=O)N(c2ccccc2)C1)NC1CCCCC1. The van der Waals surface area contributed by atoms with E-state index in [1.54, 1.807) is 4.90 Å². The Morgan fingerprint density at radius 3 is 2.52 bits per heavy atom. The monoisotopic (exact) mass is 343 g/mol. The molecule has 134 valence electrons. The molecule has 0 spiro atoms. The second-order valence-corrected chi connectivity index (χ2v) is 6.86. The fraction of sp³-hybridized carbons (Fsp3) is 0.526. The van der Waals surface area contributed by atoms with Crippen molar-refractivity contribution in [2.45, 2.75) is 44.6 Å². The highest BCUT2D eigenvalue weighted by Crippen LogP contribution is 2.24. The fourth-order valence-electron chi connectivity index (χ4n) is 3.58. The Hall–Kier alpha value is -2.37. The van der Waals surface area contributed by atoms with Gasteiger partial charge in [0.05, 0.1) is 12.5 Å². The largest absolute Gasteiger partial charge is 0.352 e. The summed E-state index contributed by atoms with van der Waals surface area (Å²) in [4.78, 5) is 38.1. The van der Waals surface area contributed by atoms with Gasteiger partial charge in [-0.05, 0) is 25.0 Å². The van der Waals surface area contributed by atoms with Gasteiger partial charge in [-0.25, -0.2) is 0 Å². The first kappa shape index (κ1) is 17.5. The minimum atomic E-state index is -0.407. The predicted octanol–water partition coefficient (Wildman–Crippen LogP) is 1.60. The van der Waals surface area contributed by atoms with E-state index in [1.807, 2.05) is 30.3 Å². The number of benzene rings is 1. The van der Waals surface area contributed by atoms with Crippen LogP contribution in [0.4, 0.5) is 5.69 Å². The first-order valence-electron chi connectivity index (χ1n) is 9.06. The lowest BCUT2D eigenvalue weighted by Crippen LogP contribution is -2.44. The van der Waals surface area contributed by atoms with E-state index in [2.05, 4.69) is 10.6 Å². The zero-order valence-corrected chi connectivity index (χ0v) is 14.4. The highest BCUT2D eigenvalue weighted by atomic mass is 16.2. The first-order chi connectivity index (χ1) is 12.1. The van der Waals surface area contributed by atoms with Gasteiger partial charge >= 0.3 is 0 Å². The van der Waals surface area contributed by atoms with Crippen LogP contribution in [-0.2, 0) is 14.4 Å². The summed E-state index contributed by atoms with van der Waals surface area (Å²) in [5.41, 5.74) is 0.804. The summed E-state index contributed by atoms with van der Waals surface area (Å²) >= 11 is 0. The second-order valence-electron chi connectivity index (χ2n) is 6.86. The lowest BCUT2D eigenvalue weighted by atomic mass is 9.95. The highest BCUT2D eigenvalue weighted by molar-refractivity contribution is 6.00. The molecule has 3 amide bonds. The summed E-state index contributed by atoms with van der Waals surface area (Å²) < 4.78 is 0. The summed E-state index contributed by atoms with van der Waals surface area (Å²) in [6.45, 7) is 0.338. The van der Waals surface area contributed by atoms with Gasteiger partial charge in [-0.1, -0.05) is 37.5 Å². The van der Waals surface area contributed by atoms with Gasteiger partial charge in [0, 0.05) is 24.7 Å². The van der Waals surface area contributed by atoms with E-state index in [9.17, 15) is 14.4 Å². The van der Waals surface area contributed by atoms with E-state index in [0.29, 0.717) is 6.54 Å². The molecule has 1 saturated heterocycles. The van der Waals surface area contributed by atoms with Crippen LogP contribution in [0, 0.1) is 5.92 Å². The quantitative estimate of drug-likeness (QED) is 0.852. The highest BCUT2D eigenvalue weighted by Gasteiger charge is 2.35. The molecule has 6 nitrogen and oxygen atoms in total. The summed E-state index contributed by atoms with van der Waals surface area (Å²) in [5, 5.41) is 5.65. The first-order valence-corrected chi connectivity index (χ1v) is 9.06. The number of rotatable bonds is 5. The van der Waals surface area contributed by atoms with Crippen molar-refractivity contribution < 1.29 is 14.4 Å². The minimum absolute atomic E-state index is 0.0225. The normalized spacial score (nSPS) is 21.2. The summed E-state index contributed by atoms with van der Waals surface area (Å²) in [7, 11) is 0. The predicted molar refractivity (Wildman–Crippen MR) is 94.9 cm³/mol. The average Bonchev–Trinajstić information content (AvgIpc) is 3.03. The molecule has 1 aliphatic carbocycles. The molecule has 0 aromatic heterocycles. The summed E-state index contributed by atoms with van der Waals surface area (Å²) in [6.07, 6.45) is 5.75. The molecule has 0 bridgehead atoms. The number of hydrogen-bond acceptors (Lipinski definition) is 3. The Balaban J connectivity index is 1.45. The van der Waals surface area contributed by atoms with Crippen LogP contribution in [-0.4, -0.2) is 36.9 Å². The van der Waals surface area contributed by atoms with Gasteiger partial charge in [0.15, 0.2) is 0 Å². The van der Waals surface area contributed by atoms with Crippen molar-refractivity contribution in [3.63, 3.8) is 0 Å². The van der Waals surface area contributed by atoms with Crippen LogP contribution in [0.5, 0.6) is 0 Å². The zero-order valence-electron chi connectivity index (χ0n) is 14.4. The van der Waals surface area contributed by atoms with Crippen molar-refractivity contribution in [3.8, 4) is 0 Å². The summed E-state index contributed by atoms with van der Waals surface area (Å²) in [6, 6.07) is 9.57. The summed E-state index contributed by atoms with van der Waals surface area (Å²) in [5.74, 6) is -0.844. The van der Waals surface area contributed by atoms with E-state index in [4.69, 9.17) is 0 Å². The average molecular weight is 343 g/mol. The number of nitrogens with zero attached hydrogens (tertiary/aromatic N) is 1. The third kappa shape index (κ3) is 4.59. The number of carbonyl (C=O) groups excluding carboxylic acids is 3. The van der Waals surface area contributed by atoms with E-state index < -0.39 is 5.92 Å². The molecule has 3 rings (SSSR count). The van der Waals surface area contributed by atoms with Crippen molar-refractivity contribution >= 4 is 23.4 Å². The Morgan fingerprint density at radius 1 is 1.08 bits per heavy atom. The number of anilines is 1. The third-order valence-electron chi connectivity index (χ3n) is 4.96. The van der Waals surface area contributed by atoms with Crippen LogP contribution in [0.2, 0.25) is 0 Å². The maximum Gasteiger partial charge on any atom is 0.239 e. The molecule has 1 aliphatic heterocycles. The van der Waals surface area contributed by atoms with Crippen molar-refractivity contribution in [1.82, 2.24) is 10.6 Å². The molecule has 0 radical (unpaired) electrons. The standard InChI is InChI=1S/C19H25N3O3/c23-17(21-15-7-3-1-4-8-15)12-20-19(25)14-11-18(24)22(13-14)16-9-5-2-6-10-16/h2,5-6,9-10,14-15H,1,3-4,7-8,11-13H2,(H,20,25)(H,21,23). The number of amides is 3. The number of nitrogens with one attached hydrogen (secondary N) is 2. The Kier molecular flexibility index (Phi) is 5.68. The number of carbonyl (C=O) groups is 3. The van der Waals surface area contributed by atoms with Gasteiger partial charge in [-0.2, -0.15) is 0 Å². The molecule has 1 saturated carbocycles. The smallest absolute Gasteiger partial charge is 0.239 e. The number of hydrogen-bond donors (Lipinski definition) is 2. The zero-order chi connectivity index (χ0) is 17.6. The van der Waals surface area contributed by atoms with Crippen LogP contribution in [0.3, 0.4) is 0 Å². The molecule has 2 N–H and O–H groups in total. The fourth-order valence-corrected chi connectivity index (χ4v) is 3.58. The van der Waals surface area contributed by atoms with Crippen LogP contribution < -0.4 is 15.5 Å². The molecule has 6 heteroatoms. The number of para-hydroxylation sites is 1.